The van der Waals surface area contributed by atoms with Gasteiger partial charge in [-0.3, -0.25) is 13.5 Å². The molecule has 0 fully saturated rings. The van der Waals surface area contributed by atoms with Crippen LogP contribution < -0.4 is 15.3 Å². The van der Waals surface area contributed by atoms with Crippen molar-refractivity contribution in [3.63, 3.8) is 0 Å². The fraction of sp³-hybridized carbons (Fsp3) is 0.143. The molecule has 12 heteroatoms. The fourth-order valence-corrected chi connectivity index (χ4v) is 1.25. The molecule has 0 spiro atoms. The van der Waals surface area contributed by atoms with Gasteiger partial charge in [-0.2, -0.15) is 16.8 Å². The Morgan fingerprint density at radius 1 is 1.16 bits per heavy atom. The van der Waals surface area contributed by atoms with Crippen molar-refractivity contribution in [2.45, 2.75) is 0 Å². The van der Waals surface area contributed by atoms with E-state index in [1.54, 1.807) is 24.3 Å². The zero-order valence-electron chi connectivity index (χ0n) is 9.64. The minimum absolute atomic E-state index is 0.413. The van der Waals surface area contributed by atoms with Crippen molar-refractivity contribution in [3.05, 3.63) is 24.3 Å². The van der Waals surface area contributed by atoms with Crippen LogP contribution in [-0.2, 0) is 24.8 Å². The molecule has 0 heterocycles. The Morgan fingerprint density at radius 3 is 1.89 bits per heavy atom. The summed E-state index contributed by atoms with van der Waals surface area (Å²) in [6, 6.07) is 6.28. The monoisotopic (exact) mass is 315 g/mol. The molecule has 1 rings (SSSR count). The zero-order valence-corrected chi connectivity index (χ0v) is 11.3. The molecular weight excluding hydrogens is 302 g/mol. The van der Waals surface area contributed by atoms with Crippen molar-refractivity contribution >= 4 is 32.0 Å². The number of nitrogen functional groups attached to an aromatic ring is 1. The second kappa shape index (κ2) is 7.22. The van der Waals surface area contributed by atoms with Crippen LogP contribution in [0.1, 0.15) is 0 Å². The quantitative estimate of drug-likeness (QED) is 0.277. The van der Waals surface area contributed by atoms with Gasteiger partial charge in [0.1, 0.15) is 0 Å². The lowest BCUT2D eigenvalue weighted by Gasteiger charge is -2.04. The molecule has 0 aromatic heterocycles. The average Bonchev–Trinajstić information content (AvgIpc) is 2.32. The van der Waals surface area contributed by atoms with E-state index in [1.807, 2.05) is 0 Å². The van der Waals surface area contributed by atoms with Gasteiger partial charge in [0.15, 0.2) is 0 Å². The highest BCUT2D eigenvalue weighted by molar-refractivity contribution is 7.88. The van der Waals surface area contributed by atoms with Crippen molar-refractivity contribution in [2.24, 2.45) is 0 Å². The van der Waals surface area contributed by atoms with Crippen LogP contribution in [0.2, 0.25) is 0 Å². The van der Waals surface area contributed by atoms with Crippen LogP contribution in [-0.4, -0.2) is 33.7 Å². The minimum Gasteiger partial charge on any atom is -0.399 e. The van der Waals surface area contributed by atoms with E-state index in [9.17, 15) is 16.8 Å². The summed E-state index contributed by atoms with van der Waals surface area (Å²) in [7, 11) is -6.95. The van der Waals surface area contributed by atoms with Crippen LogP contribution in [0.15, 0.2) is 24.3 Å². The Labute approximate surface area is 110 Å². The summed E-state index contributed by atoms with van der Waals surface area (Å²) in [6.07, 6.45) is 0. The molecule has 19 heavy (non-hydrogen) atoms. The third-order valence-corrected chi connectivity index (χ3v) is 2.64. The normalized spacial score (nSPS) is 11.3. The van der Waals surface area contributed by atoms with Crippen LogP contribution in [0.5, 0.6) is 0 Å². The predicted octanol–water partition coefficient (Wildman–Crippen LogP) is -0.660. The van der Waals surface area contributed by atoms with E-state index in [1.165, 1.54) is 0 Å². The molecular formula is C7H13N3O7S2. The van der Waals surface area contributed by atoms with E-state index >= 15 is 0 Å². The molecule has 1 aromatic carbocycles. The maximum absolute atomic E-state index is 10.9. The molecule has 0 radical (unpaired) electrons. The van der Waals surface area contributed by atoms with Gasteiger partial charge in [0, 0.05) is 5.69 Å². The summed E-state index contributed by atoms with van der Waals surface area (Å²) >= 11 is 0. The number of anilines is 2. The molecule has 0 aliphatic rings. The van der Waals surface area contributed by atoms with E-state index in [0.717, 1.165) is 7.11 Å². The maximum Gasteiger partial charge on any atom is 0.359 e. The van der Waals surface area contributed by atoms with Crippen molar-refractivity contribution < 1.29 is 30.8 Å². The van der Waals surface area contributed by atoms with Gasteiger partial charge in [-0.15, -0.1) is 0 Å². The second-order valence-electron chi connectivity index (χ2n) is 2.91. The van der Waals surface area contributed by atoms with Gasteiger partial charge in [-0.25, -0.2) is 0 Å². The van der Waals surface area contributed by atoms with Gasteiger partial charge in [-0.05, 0) is 24.3 Å². The van der Waals surface area contributed by atoms with Crippen LogP contribution in [0, 0.1) is 0 Å². The van der Waals surface area contributed by atoms with Gasteiger partial charge < -0.3 is 10.9 Å². The SMILES string of the molecule is COS(=O)(=O)Nc1ccc(N)cc1.O=S(=O)(O)NO. The summed E-state index contributed by atoms with van der Waals surface area (Å²) in [4.78, 5) is 0.632. The topological polar surface area (TPSA) is 168 Å². The van der Waals surface area contributed by atoms with Crippen LogP contribution in [0.3, 0.4) is 0 Å². The van der Waals surface area contributed by atoms with E-state index in [4.69, 9.17) is 15.5 Å². The summed E-state index contributed by atoms with van der Waals surface area (Å²) < 4.78 is 54.0. The van der Waals surface area contributed by atoms with Gasteiger partial charge in [0.05, 0.1) is 12.8 Å². The van der Waals surface area contributed by atoms with Gasteiger partial charge in [0.25, 0.3) is 0 Å². The Bertz CT molecular complexity index is 582. The van der Waals surface area contributed by atoms with Gasteiger partial charge in [0.2, 0.25) is 0 Å². The van der Waals surface area contributed by atoms with Gasteiger partial charge >= 0.3 is 20.6 Å². The molecule has 0 saturated carbocycles. The standard InChI is InChI=1S/C7H10N2O3S.H3NO4S/c1-12-13(10,11)9-7-4-2-6(8)3-5-7;2-1-6(3,4)5/h2-5,9H,8H2,1H3;1-2H,(H,3,4,5). The van der Waals surface area contributed by atoms with E-state index < -0.39 is 20.6 Å². The smallest absolute Gasteiger partial charge is 0.359 e. The third kappa shape index (κ3) is 9.18. The number of hydrogen-bond donors (Lipinski definition) is 5. The van der Waals surface area contributed by atoms with Gasteiger partial charge in [-0.1, -0.05) is 4.89 Å². The number of rotatable bonds is 4. The highest BCUT2D eigenvalue weighted by Crippen LogP contribution is 2.11. The summed E-state index contributed by atoms with van der Waals surface area (Å²) in [5, 5.41) is 7.31. The van der Waals surface area contributed by atoms with Crippen molar-refractivity contribution in [1.29, 1.82) is 0 Å². The third-order valence-electron chi connectivity index (χ3n) is 1.49. The van der Waals surface area contributed by atoms with Crippen molar-refractivity contribution in [1.82, 2.24) is 4.89 Å². The van der Waals surface area contributed by atoms with Crippen molar-refractivity contribution in [3.8, 4) is 0 Å². The lowest BCUT2D eigenvalue weighted by Crippen LogP contribution is -2.16. The lowest BCUT2D eigenvalue weighted by atomic mass is 10.3. The number of hydrogen-bond acceptors (Lipinski definition) is 7. The number of benzene rings is 1. The second-order valence-corrected chi connectivity index (χ2v) is 5.49. The van der Waals surface area contributed by atoms with Crippen LogP contribution in [0.25, 0.3) is 0 Å². The zero-order chi connectivity index (χ0) is 15.1. The van der Waals surface area contributed by atoms with Crippen LogP contribution >= 0.6 is 0 Å². The molecule has 0 atom stereocenters. The molecule has 1 aromatic rings. The molecule has 0 unspecified atom stereocenters. The predicted molar refractivity (Wildman–Crippen MR) is 66.9 cm³/mol. The highest BCUT2D eigenvalue weighted by atomic mass is 32.2. The average molecular weight is 315 g/mol. The van der Waals surface area contributed by atoms with E-state index in [0.29, 0.717) is 16.3 Å². The highest BCUT2D eigenvalue weighted by Gasteiger charge is 2.06. The molecule has 0 aliphatic heterocycles. The Hall–Kier alpha value is -1.44. The van der Waals surface area contributed by atoms with Crippen molar-refractivity contribution in [2.75, 3.05) is 17.6 Å². The molecule has 0 saturated heterocycles. The Kier molecular flexibility index (Phi) is 6.68. The van der Waals surface area contributed by atoms with E-state index in [2.05, 4.69) is 8.91 Å². The molecule has 0 aliphatic carbocycles. The molecule has 110 valence electrons. The molecule has 0 bridgehead atoms. The molecule has 6 N–H and O–H groups in total. The lowest BCUT2D eigenvalue weighted by molar-refractivity contribution is 0.226. The maximum atomic E-state index is 10.9. The molecule has 0 amide bonds. The first-order chi connectivity index (χ1) is 8.59. The summed E-state index contributed by atoms with van der Waals surface area (Å²) in [5.41, 5.74) is 6.40. The Morgan fingerprint density at radius 2 is 1.58 bits per heavy atom. The summed E-state index contributed by atoms with van der Waals surface area (Å²) in [6.45, 7) is 0. The largest absolute Gasteiger partial charge is 0.399 e. The number of nitrogens with two attached hydrogens (primary N) is 1. The minimum atomic E-state index is -4.36. The fourth-order valence-electron chi connectivity index (χ4n) is 0.737. The first-order valence-electron chi connectivity index (χ1n) is 4.42. The number of nitrogens with one attached hydrogen (secondary N) is 2. The summed E-state index contributed by atoms with van der Waals surface area (Å²) in [5.74, 6) is 0. The Balaban J connectivity index is 0.000000459. The first-order valence-corrected chi connectivity index (χ1v) is 7.26. The molecule has 10 nitrogen and oxygen atoms in total. The van der Waals surface area contributed by atoms with E-state index in [-0.39, 0.29) is 0 Å². The van der Waals surface area contributed by atoms with Crippen LogP contribution in [0.4, 0.5) is 11.4 Å². The first kappa shape index (κ1) is 17.6.